The van der Waals surface area contributed by atoms with Gasteiger partial charge in [0.2, 0.25) is 21.8 Å². The fraction of sp³-hybridized carbons (Fsp3) is 0.375. The van der Waals surface area contributed by atoms with Gasteiger partial charge >= 0.3 is 0 Å². The molecule has 4 rings (SSSR count). The number of hydrogen-bond acceptors (Lipinski definition) is 5. The molecule has 0 aliphatic carbocycles. The van der Waals surface area contributed by atoms with Crippen molar-refractivity contribution in [3.8, 4) is 0 Å². The van der Waals surface area contributed by atoms with E-state index in [0.717, 1.165) is 29.5 Å². The average molecular weight is 578 g/mol. The predicted molar refractivity (Wildman–Crippen MR) is 158 cm³/mol. The van der Waals surface area contributed by atoms with Crippen molar-refractivity contribution in [3.05, 3.63) is 102 Å². The van der Waals surface area contributed by atoms with Crippen LogP contribution in [0.25, 0.3) is 0 Å². The fourth-order valence-electron chi connectivity index (χ4n) is 5.04. The minimum Gasteiger partial charge on any atom is -0.396 e. The molecule has 218 valence electrons. The maximum atomic E-state index is 13.8. The highest BCUT2D eigenvalue weighted by Gasteiger charge is 2.30. The Morgan fingerprint density at radius 3 is 2.07 bits per heavy atom. The third kappa shape index (κ3) is 8.48. The summed E-state index contributed by atoms with van der Waals surface area (Å²) in [7, 11) is -3.50. The predicted octanol–water partition coefficient (Wildman–Crippen LogP) is 3.54. The maximum absolute atomic E-state index is 13.8. The Morgan fingerprint density at radius 1 is 0.854 bits per heavy atom. The number of aliphatic hydroxyl groups excluding tert-OH is 1. The number of benzene rings is 3. The van der Waals surface area contributed by atoms with E-state index in [4.69, 9.17) is 0 Å². The molecule has 2 amide bonds. The van der Waals surface area contributed by atoms with Gasteiger partial charge in [0, 0.05) is 45.6 Å². The second-order valence-electron chi connectivity index (χ2n) is 10.3. The van der Waals surface area contributed by atoms with Crippen LogP contribution in [-0.2, 0) is 39.0 Å². The number of carbonyl (C=O) groups is 2. The summed E-state index contributed by atoms with van der Waals surface area (Å²) in [4.78, 5) is 29.1. The van der Waals surface area contributed by atoms with Gasteiger partial charge in [0.05, 0.1) is 4.90 Å². The molecule has 3 aromatic carbocycles. The smallest absolute Gasteiger partial charge is 0.243 e. The van der Waals surface area contributed by atoms with E-state index in [0.29, 0.717) is 38.9 Å². The second kappa shape index (κ2) is 14.9. The van der Waals surface area contributed by atoms with Gasteiger partial charge in [0.15, 0.2) is 0 Å². The van der Waals surface area contributed by atoms with Gasteiger partial charge in [-0.3, -0.25) is 9.59 Å². The molecule has 41 heavy (non-hydrogen) atoms. The molecule has 1 heterocycles. The molecule has 8 nitrogen and oxygen atoms in total. The lowest BCUT2D eigenvalue weighted by Crippen LogP contribution is -2.50. The van der Waals surface area contributed by atoms with Crippen LogP contribution in [-0.4, -0.2) is 66.8 Å². The van der Waals surface area contributed by atoms with Crippen LogP contribution >= 0.6 is 0 Å². The van der Waals surface area contributed by atoms with E-state index in [1.54, 1.807) is 29.2 Å². The molecule has 1 atom stereocenters. The van der Waals surface area contributed by atoms with Gasteiger partial charge in [-0.15, -0.1) is 0 Å². The number of aliphatic hydroxyl groups is 1. The van der Waals surface area contributed by atoms with E-state index in [9.17, 15) is 23.1 Å². The first-order chi connectivity index (χ1) is 19.9. The Labute approximate surface area is 243 Å². The number of aryl methyl sites for hydroxylation is 1. The van der Waals surface area contributed by atoms with E-state index in [1.165, 1.54) is 4.31 Å². The molecule has 1 aliphatic heterocycles. The Kier molecular flexibility index (Phi) is 11.1. The highest BCUT2D eigenvalue weighted by atomic mass is 32.2. The highest BCUT2D eigenvalue weighted by molar-refractivity contribution is 7.89. The average Bonchev–Trinajstić information content (AvgIpc) is 3.55. The van der Waals surface area contributed by atoms with Gasteiger partial charge in [-0.1, -0.05) is 72.8 Å². The molecule has 3 aromatic rings. The molecule has 0 radical (unpaired) electrons. The third-order valence-electron chi connectivity index (χ3n) is 7.35. The molecular weight excluding hydrogens is 538 g/mol. The van der Waals surface area contributed by atoms with Gasteiger partial charge in [-0.25, -0.2) is 8.42 Å². The van der Waals surface area contributed by atoms with E-state index in [2.05, 4.69) is 5.32 Å². The van der Waals surface area contributed by atoms with Crippen LogP contribution in [0.2, 0.25) is 0 Å². The number of rotatable bonds is 14. The lowest BCUT2D eigenvalue weighted by Gasteiger charge is -2.31. The van der Waals surface area contributed by atoms with Crippen molar-refractivity contribution >= 4 is 21.8 Å². The van der Waals surface area contributed by atoms with Crippen LogP contribution in [0.5, 0.6) is 0 Å². The van der Waals surface area contributed by atoms with Crippen LogP contribution in [0.15, 0.2) is 89.8 Å². The highest BCUT2D eigenvalue weighted by Crippen LogP contribution is 2.22. The Balaban J connectivity index is 1.52. The maximum Gasteiger partial charge on any atom is 0.243 e. The molecule has 0 unspecified atom stereocenters. The van der Waals surface area contributed by atoms with E-state index in [1.807, 2.05) is 60.7 Å². The summed E-state index contributed by atoms with van der Waals surface area (Å²) in [6.45, 7) is 1.66. The number of carbonyl (C=O) groups excluding carboxylic acids is 2. The van der Waals surface area contributed by atoms with Crippen LogP contribution in [0, 0.1) is 0 Å². The zero-order valence-electron chi connectivity index (χ0n) is 23.3. The van der Waals surface area contributed by atoms with Crippen molar-refractivity contribution in [2.45, 2.75) is 56.0 Å². The fourth-order valence-corrected chi connectivity index (χ4v) is 6.56. The SMILES string of the molecule is O=C(NCCCO)[C@H](Cc1ccccc1)N(Cc1ccccc1)C(=O)CCc1ccc(S(=O)(=O)N2CCCC2)cc1. The summed E-state index contributed by atoms with van der Waals surface area (Å²) in [5.74, 6) is -0.427. The Bertz CT molecular complexity index is 1360. The molecule has 0 spiro atoms. The quantitative estimate of drug-likeness (QED) is 0.285. The van der Waals surface area contributed by atoms with Gasteiger partial charge < -0.3 is 15.3 Å². The zero-order chi connectivity index (χ0) is 29.1. The molecule has 2 N–H and O–H groups in total. The summed E-state index contributed by atoms with van der Waals surface area (Å²) in [5, 5.41) is 12.1. The summed E-state index contributed by atoms with van der Waals surface area (Å²) >= 11 is 0. The number of hydrogen-bond donors (Lipinski definition) is 2. The topological polar surface area (TPSA) is 107 Å². The number of sulfonamides is 1. The van der Waals surface area contributed by atoms with E-state index < -0.39 is 16.1 Å². The van der Waals surface area contributed by atoms with Crippen molar-refractivity contribution in [1.29, 1.82) is 0 Å². The van der Waals surface area contributed by atoms with Crippen LogP contribution < -0.4 is 5.32 Å². The normalized spacial score (nSPS) is 14.5. The third-order valence-corrected chi connectivity index (χ3v) is 9.27. The molecule has 0 bridgehead atoms. The Morgan fingerprint density at radius 2 is 1.46 bits per heavy atom. The number of nitrogens with one attached hydrogen (secondary N) is 1. The summed E-state index contributed by atoms with van der Waals surface area (Å²) in [6.07, 6.45) is 3.12. The van der Waals surface area contributed by atoms with Crippen molar-refractivity contribution in [2.24, 2.45) is 0 Å². The van der Waals surface area contributed by atoms with Gasteiger partial charge in [-0.05, 0) is 54.5 Å². The minimum absolute atomic E-state index is 0.0333. The van der Waals surface area contributed by atoms with Crippen molar-refractivity contribution < 1.29 is 23.1 Å². The monoisotopic (exact) mass is 577 g/mol. The lowest BCUT2D eigenvalue weighted by molar-refractivity contribution is -0.141. The van der Waals surface area contributed by atoms with Crippen molar-refractivity contribution in [2.75, 3.05) is 26.2 Å². The van der Waals surface area contributed by atoms with Crippen LogP contribution in [0.1, 0.15) is 42.4 Å². The van der Waals surface area contributed by atoms with Crippen molar-refractivity contribution in [3.63, 3.8) is 0 Å². The van der Waals surface area contributed by atoms with Gasteiger partial charge in [0.1, 0.15) is 6.04 Å². The zero-order valence-corrected chi connectivity index (χ0v) is 24.1. The first-order valence-corrected chi connectivity index (χ1v) is 15.7. The Hall–Kier alpha value is -3.53. The standard InChI is InChI=1S/C32H39N3O5S/c36-23-9-20-33-32(38)30(24-27-10-3-1-4-11-27)35(25-28-12-5-2-6-13-28)31(37)19-16-26-14-17-29(18-15-26)41(39,40)34-21-7-8-22-34/h1-6,10-15,17-18,30,36H,7-9,16,19-25H2,(H,33,38)/t30-/m0/s1. The minimum atomic E-state index is -3.50. The van der Waals surface area contributed by atoms with Gasteiger partial charge in [0.25, 0.3) is 0 Å². The number of nitrogens with zero attached hydrogens (tertiary/aromatic N) is 2. The molecule has 1 aliphatic rings. The second-order valence-corrected chi connectivity index (χ2v) is 12.3. The number of amides is 2. The summed E-state index contributed by atoms with van der Waals surface area (Å²) in [6, 6.07) is 25.2. The molecule has 1 saturated heterocycles. The van der Waals surface area contributed by atoms with Crippen LogP contribution in [0.3, 0.4) is 0 Å². The van der Waals surface area contributed by atoms with Crippen molar-refractivity contribution in [1.82, 2.24) is 14.5 Å². The van der Waals surface area contributed by atoms with E-state index in [-0.39, 0.29) is 36.3 Å². The van der Waals surface area contributed by atoms with Crippen LogP contribution in [0.4, 0.5) is 0 Å². The molecule has 9 heteroatoms. The first kappa shape index (κ1) is 30.4. The molecule has 1 fully saturated rings. The molecule has 0 aromatic heterocycles. The van der Waals surface area contributed by atoms with E-state index >= 15 is 0 Å². The molecular formula is C32H39N3O5S. The lowest BCUT2D eigenvalue weighted by atomic mass is 10.0. The van der Waals surface area contributed by atoms with Gasteiger partial charge in [-0.2, -0.15) is 4.31 Å². The summed E-state index contributed by atoms with van der Waals surface area (Å²) < 4.78 is 27.3. The largest absolute Gasteiger partial charge is 0.396 e. The first-order valence-electron chi connectivity index (χ1n) is 14.2. The summed E-state index contributed by atoms with van der Waals surface area (Å²) in [5.41, 5.74) is 2.71. The molecule has 0 saturated carbocycles.